The molecule has 2 amide bonds. The topological polar surface area (TPSA) is 104 Å². The van der Waals surface area contributed by atoms with Crippen LogP contribution >= 0.6 is 0 Å². The lowest BCUT2D eigenvalue weighted by atomic mass is 10.0. The van der Waals surface area contributed by atoms with Gasteiger partial charge in [0.25, 0.3) is 0 Å². The smallest absolute Gasteiger partial charge is 0.245 e. The summed E-state index contributed by atoms with van der Waals surface area (Å²) in [7, 11) is 0. The second kappa shape index (κ2) is 5.67. The Balaban J connectivity index is 2.41. The van der Waals surface area contributed by atoms with Crippen LogP contribution in [0.4, 0.5) is 0 Å². The standard InChI is InChI=1S/C9H17N3O3/c10-4-2-1-3-6-8(14)12-7(5-13)9(15)11-6/h6-7,13H,1-5,10H2,(H,11,15)(H,12,14)/t6-,7-/m0/s1. The average molecular weight is 215 g/mol. The first-order valence-corrected chi connectivity index (χ1v) is 5.10. The third kappa shape index (κ3) is 3.17. The highest BCUT2D eigenvalue weighted by Crippen LogP contribution is 2.05. The van der Waals surface area contributed by atoms with Gasteiger partial charge in [0, 0.05) is 0 Å². The van der Waals surface area contributed by atoms with Crippen LogP contribution < -0.4 is 16.4 Å². The van der Waals surface area contributed by atoms with Crippen LogP contribution in [0.2, 0.25) is 0 Å². The minimum atomic E-state index is -0.803. The van der Waals surface area contributed by atoms with Gasteiger partial charge in [-0.1, -0.05) is 0 Å². The van der Waals surface area contributed by atoms with Crippen molar-refractivity contribution in [3.05, 3.63) is 0 Å². The molecule has 0 aromatic carbocycles. The summed E-state index contributed by atoms with van der Waals surface area (Å²) in [5, 5.41) is 13.8. The van der Waals surface area contributed by atoms with E-state index in [9.17, 15) is 9.59 Å². The van der Waals surface area contributed by atoms with Crippen molar-refractivity contribution >= 4 is 11.8 Å². The maximum atomic E-state index is 11.4. The molecule has 1 aliphatic rings. The van der Waals surface area contributed by atoms with E-state index in [1.165, 1.54) is 0 Å². The van der Waals surface area contributed by atoms with E-state index in [0.717, 1.165) is 12.8 Å². The first kappa shape index (κ1) is 11.9. The van der Waals surface area contributed by atoms with Crippen molar-refractivity contribution in [1.29, 1.82) is 0 Å². The summed E-state index contributed by atoms with van der Waals surface area (Å²) < 4.78 is 0. The zero-order chi connectivity index (χ0) is 11.3. The lowest BCUT2D eigenvalue weighted by Gasteiger charge is -2.28. The number of hydrogen-bond donors (Lipinski definition) is 4. The first-order chi connectivity index (χ1) is 7.19. The van der Waals surface area contributed by atoms with Gasteiger partial charge in [0.2, 0.25) is 11.8 Å². The van der Waals surface area contributed by atoms with Crippen molar-refractivity contribution < 1.29 is 14.7 Å². The Morgan fingerprint density at radius 1 is 1.13 bits per heavy atom. The third-order valence-corrected chi connectivity index (χ3v) is 2.40. The number of rotatable bonds is 5. The normalized spacial score (nSPS) is 26.0. The molecule has 0 unspecified atom stereocenters. The number of nitrogens with two attached hydrogens (primary N) is 1. The van der Waals surface area contributed by atoms with Crippen LogP contribution in [0.25, 0.3) is 0 Å². The van der Waals surface area contributed by atoms with Crippen LogP contribution in [0.1, 0.15) is 19.3 Å². The maximum absolute atomic E-state index is 11.4. The summed E-state index contributed by atoms with van der Waals surface area (Å²) in [5.74, 6) is -0.555. The fourth-order valence-electron chi connectivity index (χ4n) is 1.50. The van der Waals surface area contributed by atoms with Gasteiger partial charge in [0.1, 0.15) is 12.1 Å². The van der Waals surface area contributed by atoms with Crippen molar-refractivity contribution in [3.63, 3.8) is 0 Å². The minimum Gasteiger partial charge on any atom is -0.394 e. The first-order valence-electron chi connectivity index (χ1n) is 5.10. The molecule has 6 heteroatoms. The summed E-state index contributed by atoms with van der Waals surface area (Å²) in [4.78, 5) is 22.7. The quantitative estimate of drug-likeness (QED) is 0.402. The highest BCUT2D eigenvalue weighted by atomic mass is 16.3. The maximum Gasteiger partial charge on any atom is 0.245 e. The van der Waals surface area contributed by atoms with E-state index in [0.29, 0.717) is 13.0 Å². The lowest BCUT2D eigenvalue weighted by Crippen LogP contribution is -2.62. The second-order valence-electron chi connectivity index (χ2n) is 3.59. The van der Waals surface area contributed by atoms with E-state index < -0.39 is 12.1 Å². The monoisotopic (exact) mass is 215 g/mol. The van der Waals surface area contributed by atoms with Crippen molar-refractivity contribution in [2.45, 2.75) is 31.3 Å². The number of amides is 2. The molecule has 2 atom stereocenters. The Hall–Kier alpha value is -1.14. The van der Waals surface area contributed by atoms with E-state index in [-0.39, 0.29) is 18.4 Å². The van der Waals surface area contributed by atoms with Crippen molar-refractivity contribution in [2.75, 3.05) is 13.2 Å². The fraction of sp³-hybridized carbons (Fsp3) is 0.778. The van der Waals surface area contributed by atoms with Gasteiger partial charge < -0.3 is 21.5 Å². The largest absolute Gasteiger partial charge is 0.394 e. The van der Waals surface area contributed by atoms with E-state index >= 15 is 0 Å². The number of piperazine rings is 1. The van der Waals surface area contributed by atoms with Crippen molar-refractivity contribution in [3.8, 4) is 0 Å². The summed E-state index contributed by atoms with van der Waals surface area (Å²) in [5.41, 5.74) is 5.33. The molecular formula is C9H17N3O3. The predicted molar refractivity (Wildman–Crippen MR) is 53.9 cm³/mol. The Morgan fingerprint density at radius 3 is 2.33 bits per heavy atom. The molecule has 15 heavy (non-hydrogen) atoms. The Morgan fingerprint density at radius 2 is 1.73 bits per heavy atom. The average Bonchev–Trinajstić information content (AvgIpc) is 2.23. The molecule has 0 radical (unpaired) electrons. The molecule has 1 fully saturated rings. The van der Waals surface area contributed by atoms with Crippen LogP contribution in [0.3, 0.4) is 0 Å². The molecule has 0 aliphatic carbocycles. The molecule has 0 aromatic heterocycles. The molecular weight excluding hydrogens is 198 g/mol. The van der Waals surface area contributed by atoms with Gasteiger partial charge in [-0.3, -0.25) is 9.59 Å². The molecule has 6 nitrogen and oxygen atoms in total. The molecule has 1 heterocycles. The number of unbranched alkanes of at least 4 members (excludes halogenated alkanes) is 1. The summed E-state index contributed by atoms with van der Waals surface area (Å²) in [6.07, 6.45) is 2.23. The van der Waals surface area contributed by atoms with E-state index in [2.05, 4.69) is 10.6 Å². The van der Waals surface area contributed by atoms with Crippen LogP contribution in [-0.4, -0.2) is 42.2 Å². The van der Waals surface area contributed by atoms with Gasteiger partial charge >= 0.3 is 0 Å². The zero-order valence-corrected chi connectivity index (χ0v) is 8.53. The number of hydrogen-bond acceptors (Lipinski definition) is 4. The summed E-state index contributed by atoms with van der Waals surface area (Å²) in [6, 6.07) is -1.28. The number of carbonyl (C=O) groups excluding carboxylic acids is 2. The molecule has 0 bridgehead atoms. The highest BCUT2D eigenvalue weighted by Gasteiger charge is 2.32. The van der Waals surface area contributed by atoms with Gasteiger partial charge in [0.05, 0.1) is 6.61 Å². The van der Waals surface area contributed by atoms with E-state index in [1.54, 1.807) is 0 Å². The second-order valence-corrected chi connectivity index (χ2v) is 3.59. The van der Waals surface area contributed by atoms with Gasteiger partial charge in [0.15, 0.2) is 0 Å². The molecule has 0 saturated carbocycles. The molecule has 1 saturated heterocycles. The summed E-state index contributed by atoms with van der Waals surface area (Å²) in [6.45, 7) is 0.217. The number of carbonyl (C=O) groups is 2. The SMILES string of the molecule is NCCCC[C@@H]1NC(=O)[C@H](CO)NC1=O. The molecule has 86 valence electrons. The minimum absolute atomic E-state index is 0.231. The van der Waals surface area contributed by atoms with Gasteiger partial charge in [-0.15, -0.1) is 0 Å². The van der Waals surface area contributed by atoms with Crippen LogP contribution in [0.5, 0.6) is 0 Å². The molecule has 1 rings (SSSR count). The molecule has 0 spiro atoms. The number of aliphatic hydroxyl groups is 1. The van der Waals surface area contributed by atoms with Crippen LogP contribution in [0.15, 0.2) is 0 Å². The van der Waals surface area contributed by atoms with E-state index in [4.69, 9.17) is 10.8 Å². The zero-order valence-electron chi connectivity index (χ0n) is 8.53. The lowest BCUT2D eigenvalue weighted by molar-refractivity contribution is -0.137. The Bertz CT molecular complexity index is 245. The highest BCUT2D eigenvalue weighted by molar-refractivity contribution is 5.96. The third-order valence-electron chi connectivity index (χ3n) is 2.40. The Labute approximate surface area is 88.2 Å². The summed E-state index contributed by atoms with van der Waals surface area (Å²) >= 11 is 0. The molecule has 1 aliphatic heterocycles. The van der Waals surface area contributed by atoms with Crippen LogP contribution in [0, 0.1) is 0 Å². The van der Waals surface area contributed by atoms with Crippen molar-refractivity contribution in [1.82, 2.24) is 10.6 Å². The van der Waals surface area contributed by atoms with Gasteiger partial charge in [-0.05, 0) is 25.8 Å². The molecule has 0 aromatic rings. The van der Waals surface area contributed by atoms with E-state index in [1.807, 2.05) is 0 Å². The van der Waals surface area contributed by atoms with Crippen LogP contribution in [-0.2, 0) is 9.59 Å². The fourth-order valence-corrected chi connectivity index (χ4v) is 1.50. The number of aliphatic hydroxyl groups excluding tert-OH is 1. The molecule has 5 N–H and O–H groups in total. The van der Waals surface area contributed by atoms with Crippen molar-refractivity contribution in [2.24, 2.45) is 5.73 Å². The van der Waals surface area contributed by atoms with Gasteiger partial charge in [-0.25, -0.2) is 0 Å². The predicted octanol–water partition coefficient (Wildman–Crippen LogP) is -1.91. The Kier molecular flexibility index (Phi) is 4.51. The van der Waals surface area contributed by atoms with Gasteiger partial charge in [-0.2, -0.15) is 0 Å². The number of nitrogens with one attached hydrogen (secondary N) is 2.